The van der Waals surface area contributed by atoms with Crippen LogP contribution >= 0.6 is 19.2 Å². The van der Waals surface area contributed by atoms with E-state index in [1.165, 1.54) is 0 Å². The monoisotopic (exact) mass is 333 g/mol. The fraction of sp³-hybridized carbons (Fsp3) is 0.600. The number of rotatable bonds is 9. The Balaban J connectivity index is 2.73. The molecule has 0 aromatic heterocycles. The maximum absolute atomic E-state index is 12.6. The lowest BCUT2D eigenvalue weighted by molar-refractivity contribution is 0.191. The van der Waals surface area contributed by atoms with Gasteiger partial charge in [-0.15, -0.1) is 11.6 Å². The van der Waals surface area contributed by atoms with Crippen molar-refractivity contribution in [3.8, 4) is 0 Å². The van der Waals surface area contributed by atoms with Gasteiger partial charge in [0.2, 0.25) is 0 Å². The summed E-state index contributed by atoms with van der Waals surface area (Å²) in [6.45, 7) is 6.35. The Hall–Kier alpha value is -0.380. The van der Waals surface area contributed by atoms with Gasteiger partial charge in [0.1, 0.15) is 6.29 Å². The second-order valence-electron chi connectivity index (χ2n) is 4.90. The Bertz CT molecular complexity index is 447. The van der Waals surface area contributed by atoms with Crippen LogP contribution in [0.25, 0.3) is 0 Å². The zero-order chi connectivity index (χ0) is 15.9. The fourth-order valence-corrected chi connectivity index (χ4v) is 4.22. The van der Waals surface area contributed by atoms with Crippen LogP contribution in [0.5, 0.6) is 0 Å². The molecule has 0 fully saturated rings. The Morgan fingerprint density at radius 3 is 2.19 bits per heavy atom. The van der Waals surface area contributed by atoms with Crippen LogP contribution in [0.4, 0.5) is 0 Å². The van der Waals surface area contributed by atoms with E-state index in [2.05, 4.69) is 0 Å². The molecule has 0 amide bonds. The lowest BCUT2D eigenvalue weighted by Crippen LogP contribution is -2.33. The molecule has 120 valence electrons. The van der Waals surface area contributed by atoms with Gasteiger partial charge in [0.15, 0.2) is 0 Å². The van der Waals surface area contributed by atoms with Crippen molar-refractivity contribution >= 4 is 19.2 Å². The van der Waals surface area contributed by atoms with Crippen molar-refractivity contribution < 1.29 is 13.6 Å². The highest BCUT2D eigenvalue weighted by Crippen LogP contribution is 2.49. The molecule has 0 heterocycles. The molecule has 21 heavy (non-hydrogen) atoms. The molecule has 0 unspecified atom stereocenters. The van der Waals surface area contributed by atoms with E-state index in [4.69, 9.17) is 20.6 Å². The maximum atomic E-state index is 12.6. The molecule has 0 saturated carbocycles. The number of hydrogen-bond acceptors (Lipinski definition) is 4. The van der Waals surface area contributed by atoms with Crippen molar-refractivity contribution in [2.75, 3.05) is 26.5 Å². The van der Waals surface area contributed by atoms with Crippen molar-refractivity contribution in [3.05, 3.63) is 35.9 Å². The van der Waals surface area contributed by atoms with Gasteiger partial charge in [-0.3, -0.25) is 9.46 Å². The topological polar surface area (TPSA) is 38.8 Å². The first kappa shape index (κ1) is 18.7. The largest absolute Gasteiger partial charge is 0.344 e. The third-order valence-electron chi connectivity index (χ3n) is 3.28. The first-order valence-corrected chi connectivity index (χ1v) is 9.37. The van der Waals surface area contributed by atoms with E-state index in [1.807, 2.05) is 63.1 Å². The van der Waals surface area contributed by atoms with E-state index in [1.54, 1.807) is 0 Å². The molecule has 0 aliphatic carbocycles. The van der Waals surface area contributed by atoms with Gasteiger partial charge in [-0.05, 0) is 33.4 Å². The molecule has 0 spiro atoms. The average molecular weight is 334 g/mol. The van der Waals surface area contributed by atoms with Crippen LogP contribution in [0.3, 0.4) is 0 Å². The van der Waals surface area contributed by atoms with Gasteiger partial charge < -0.3 is 9.05 Å². The molecule has 1 aromatic rings. The first-order chi connectivity index (χ1) is 9.93. The normalized spacial score (nSPS) is 15.1. The lowest BCUT2D eigenvalue weighted by Gasteiger charge is -2.31. The molecule has 1 aromatic carbocycles. The molecular weight excluding hydrogens is 309 g/mol. The predicted molar refractivity (Wildman–Crippen MR) is 88.0 cm³/mol. The van der Waals surface area contributed by atoms with Crippen LogP contribution < -0.4 is 0 Å². The smallest absolute Gasteiger partial charge is 0.308 e. The molecule has 2 atom stereocenters. The molecule has 0 radical (unpaired) electrons. The number of hydrogen-bond donors (Lipinski definition) is 0. The summed E-state index contributed by atoms with van der Waals surface area (Å²) in [5.74, 6) is 0. The number of likely N-dealkylation sites (N-methyl/N-ethyl adjacent to an activating group) is 1. The number of nitrogens with zero attached hydrogens (tertiary/aromatic N) is 1. The predicted octanol–water partition coefficient (Wildman–Crippen LogP) is 4.51. The zero-order valence-electron chi connectivity index (χ0n) is 13.2. The summed E-state index contributed by atoms with van der Waals surface area (Å²) in [5, 5.41) is -0.187. The highest BCUT2D eigenvalue weighted by Gasteiger charge is 2.30. The van der Waals surface area contributed by atoms with Crippen molar-refractivity contribution in [3.63, 3.8) is 0 Å². The molecule has 1 rings (SSSR count). The molecule has 4 nitrogen and oxygen atoms in total. The van der Waals surface area contributed by atoms with Gasteiger partial charge in [0.25, 0.3) is 0 Å². The van der Waals surface area contributed by atoms with Gasteiger partial charge in [-0.2, -0.15) is 0 Å². The number of benzene rings is 1. The van der Waals surface area contributed by atoms with Crippen molar-refractivity contribution in [1.82, 2.24) is 4.90 Å². The van der Waals surface area contributed by atoms with Gasteiger partial charge in [0.05, 0.1) is 18.6 Å². The third-order valence-corrected chi connectivity index (χ3v) is 6.00. The molecular formula is C15H25ClNO3P. The van der Waals surface area contributed by atoms with E-state index in [0.717, 1.165) is 5.56 Å². The standard InChI is InChI=1S/C15H25ClNO3P/c1-5-19-21(18,20-6-2)12-17(4)13(3)15(16)14-10-8-7-9-11-14/h7-11,13,15H,5-6,12H2,1-4H3/t13-,15+/m0/s1. The second kappa shape index (κ2) is 8.92. The maximum Gasteiger partial charge on any atom is 0.344 e. The summed E-state index contributed by atoms with van der Waals surface area (Å²) in [6, 6.07) is 9.87. The second-order valence-corrected chi connectivity index (χ2v) is 7.39. The summed E-state index contributed by atoms with van der Waals surface area (Å²) >= 11 is 6.52. The Morgan fingerprint density at radius 2 is 1.71 bits per heavy atom. The van der Waals surface area contributed by atoms with Crippen LogP contribution in [0, 0.1) is 0 Å². The van der Waals surface area contributed by atoms with E-state index in [9.17, 15) is 4.57 Å². The number of halogens is 1. The van der Waals surface area contributed by atoms with Gasteiger partial charge >= 0.3 is 7.60 Å². The molecule has 0 aliphatic heterocycles. The summed E-state index contributed by atoms with van der Waals surface area (Å²) in [7, 11) is -1.21. The number of alkyl halides is 1. The van der Waals surface area contributed by atoms with Gasteiger partial charge in [-0.1, -0.05) is 30.3 Å². The van der Waals surface area contributed by atoms with Crippen molar-refractivity contribution in [2.24, 2.45) is 0 Å². The van der Waals surface area contributed by atoms with Crippen LogP contribution in [-0.4, -0.2) is 37.5 Å². The van der Waals surface area contributed by atoms with E-state index in [-0.39, 0.29) is 17.7 Å². The average Bonchev–Trinajstić information content (AvgIpc) is 2.46. The van der Waals surface area contributed by atoms with Crippen molar-refractivity contribution in [1.29, 1.82) is 0 Å². The molecule has 0 aliphatic rings. The minimum atomic E-state index is -3.09. The third kappa shape index (κ3) is 5.72. The zero-order valence-corrected chi connectivity index (χ0v) is 14.8. The molecule has 0 bridgehead atoms. The van der Waals surface area contributed by atoms with E-state index in [0.29, 0.717) is 13.2 Å². The van der Waals surface area contributed by atoms with Crippen LogP contribution in [0.15, 0.2) is 30.3 Å². The minimum absolute atomic E-state index is 0.00306. The Labute approximate surface area is 132 Å². The first-order valence-electron chi connectivity index (χ1n) is 7.21. The van der Waals surface area contributed by atoms with Crippen LogP contribution in [0.2, 0.25) is 0 Å². The SMILES string of the molecule is CCOP(=O)(CN(C)[C@@H](C)[C@@H](Cl)c1ccccc1)OCC. The van der Waals surface area contributed by atoms with Gasteiger partial charge in [-0.25, -0.2) is 0 Å². The molecule has 6 heteroatoms. The molecule has 0 saturated heterocycles. The van der Waals surface area contributed by atoms with Gasteiger partial charge in [0, 0.05) is 6.04 Å². The van der Waals surface area contributed by atoms with Crippen LogP contribution in [-0.2, 0) is 13.6 Å². The van der Waals surface area contributed by atoms with E-state index < -0.39 is 7.60 Å². The highest BCUT2D eigenvalue weighted by atomic mass is 35.5. The summed E-state index contributed by atoms with van der Waals surface area (Å²) < 4.78 is 23.2. The van der Waals surface area contributed by atoms with E-state index >= 15 is 0 Å². The summed E-state index contributed by atoms with van der Waals surface area (Å²) in [4.78, 5) is 1.93. The highest BCUT2D eigenvalue weighted by molar-refractivity contribution is 7.53. The Kier molecular flexibility index (Phi) is 7.93. The van der Waals surface area contributed by atoms with Crippen LogP contribution in [0.1, 0.15) is 31.7 Å². The lowest BCUT2D eigenvalue weighted by atomic mass is 10.1. The quantitative estimate of drug-likeness (QED) is 0.492. The minimum Gasteiger partial charge on any atom is -0.308 e. The summed E-state index contributed by atoms with van der Waals surface area (Å²) in [5.41, 5.74) is 1.04. The fourth-order valence-electron chi connectivity index (χ4n) is 2.05. The van der Waals surface area contributed by atoms with Crippen molar-refractivity contribution in [2.45, 2.75) is 32.2 Å². The summed E-state index contributed by atoms with van der Waals surface area (Å²) in [6.07, 6.45) is 0.228. The Morgan fingerprint density at radius 1 is 1.19 bits per heavy atom. The molecule has 0 N–H and O–H groups in total.